The maximum absolute atomic E-state index is 13.0. The smallest absolute Gasteiger partial charge is 0.257 e. The Labute approximate surface area is 163 Å². The third-order valence-corrected chi connectivity index (χ3v) is 6.93. The number of carbonyl (C=O) groups is 2. The lowest BCUT2D eigenvalue weighted by Crippen LogP contribution is -2.44. The fourth-order valence-corrected chi connectivity index (χ4v) is 5.37. The average molecular weight is 397 g/mol. The van der Waals surface area contributed by atoms with Gasteiger partial charge in [0.25, 0.3) is 11.8 Å². The number of hydroxylamine groups is 1. The predicted molar refractivity (Wildman–Crippen MR) is 102 cm³/mol. The van der Waals surface area contributed by atoms with Crippen LogP contribution < -0.4 is 10.8 Å². The summed E-state index contributed by atoms with van der Waals surface area (Å²) in [6.07, 6.45) is 1.51. The van der Waals surface area contributed by atoms with E-state index in [1.807, 2.05) is 34.6 Å². The molecule has 0 aromatic carbocycles. The number of anilines is 1. The Bertz CT molecular complexity index is 777. The maximum atomic E-state index is 13.0. The minimum absolute atomic E-state index is 0.180. The number of thiophene rings is 1. The predicted octanol–water partition coefficient (Wildman–Crippen LogP) is 2.97. The lowest BCUT2D eigenvalue weighted by molar-refractivity contribution is -0.137. The number of nitrogens with two attached hydrogens (primary N) is 1. The zero-order valence-corrected chi connectivity index (χ0v) is 17.4. The first kappa shape index (κ1) is 20.3. The van der Waals surface area contributed by atoms with Gasteiger partial charge in [0, 0.05) is 24.5 Å². The number of rotatable bonds is 3. The van der Waals surface area contributed by atoms with E-state index in [1.165, 1.54) is 11.3 Å². The molecule has 0 saturated carbocycles. The molecule has 0 unspecified atom stereocenters. The molecule has 2 amide bonds. The summed E-state index contributed by atoms with van der Waals surface area (Å²) in [7, 11) is 0. The van der Waals surface area contributed by atoms with Crippen molar-refractivity contribution in [3.63, 3.8) is 0 Å². The minimum atomic E-state index is -0.738. The van der Waals surface area contributed by atoms with Gasteiger partial charge < -0.3 is 15.2 Å². The van der Waals surface area contributed by atoms with Crippen molar-refractivity contribution < 1.29 is 24.3 Å². The van der Waals surface area contributed by atoms with Gasteiger partial charge in [0.2, 0.25) is 0 Å². The quantitative estimate of drug-likeness (QED) is 0.604. The molecular weight excluding hydrogens is 368 g/mol. The number of amides is 2. The van der Waals surface area contributed by atoms with Crippen LogP contribution in [0.25, 0.3) is 0 Å². The van der Waals surface area contributed by atoms with Crippen LogP contribution in [0.2, 0.25) is 0 Å². The van der Waals surface area contributed by atoms with Crippen LogP contribution >= 0.6 is 11.3 Å². The number of carbonyl (C=O) groups excluding carboxylic acids is 2. The zero-order chi connectivity index (χ0) is 20.2. The second kappa shape index (κ2) is 6.55. The molecule has 27 heavy (non-hydrogen) atoms. The lowest BCUT2D eigenvalue weighted by Gasteiger charge is -2.41. The van der Waals surface area contributed by atoms with Gasteiger partial charge in [-0.2, -0.15) is 5.06 Å². The molecule has 7 nitrogen and oxygen atoms in total. The van der Waals surface area contributed by atoms with Crippen LogP contribution in [0.3, 0.4) is 0 Å². The summed E-state index contributed by atoms with van der Waals surface area (Å²) in [5.41, 5.74) is 4.75. The van der Waals surface area contributed by atoms with Crippen LogP contribution in [-0.4, -0.2) is 35.8 Å². The Kier molecular flexibility index (Phi) is 4.91. The summed E-state index contributed by atoms with van der Waals surface area (Å²) in [5, 5.41) is 11.6. The van der Waals surface area contributed by atoms with Gasteiger partial charge in [-0.3, -0.25) is 14.8 Å². The van der Waals surface area contributed by atoms with Gasteiger partial charge in [-0.15, -0.1) is 11.3 Å². The lowest BCUT2D eigenvalue weighted by atomic mass is 9.81. The highest BCUT2D eigenvalue weighted by atomic mass is 32.1. The molecule has 0 bridgehead atoms. The molecule has 3 rings (SSSR count). The molecule has 2 aliphatic heterocycles. The van der Waals surface area contributed by atoms with E-state index < -0.39 is 28.4 Å². The van der Waals surface area contributed by atoms with Gasteiger partial charge in [0.1, 0.15) is 5.00 Å². The van der Waals surface area contributed by atoms with Crippen molar-refractivity contribution in [2.75, 3.05) is 18.3 Å². The third-order valence-electron chi connectivity index (χ3n) is 5.41. The maximum Gasteiger partial charge on any atom is 0.257 e. The first-order chi connectivity index (χ1) is 12.4. The summed E-state index contributed by atoms with van der Waals surface area (Å²) in [6.45, 7) is 10.5. The Balaban J connectivity index is 2.07. The average Bonchev–Trinajstić information content (AvgIpc) is 2.92. The third kappa shape index (κ3) is 3.51. The van der Waals surface area contributed by atoms with E-state index in [-0.39, 0.29) is 10.6 Å². The van der Waals surface area contributed by atoms with E-state index >= 15 is 0 Å². The van der Waals surface area contributed by atoms with Gasteiger partial charge in [-0.25, -0.2) is 0 Å². The van der Waals surface area contributed by atoms with Gasteiger partial charge in [-0.1, -0.05) is 6.92 Å². The highest BCUT2D eigenvalue weighted by molar-refractivity contribution is 7.17. The van der Waals surface area contributed by atoms with Gasteiger partial charge in [0.05, 0.1) is 22.2 Å². The highest BCUT2D eigenvalue weighted by Gasteiger charge is 2.45. The molecule has 1 aromatic heterocycles. The Morgan fingerprint density at radius 1 is 1.15 bits per heavy atom. The number of primary amides is 1. The summed E-state index contributed by atoms with van der Waals surface area (Å²) in [4.78, 5) is 26.1. The molecule has 150 valence electrons. The van der Waals surface area contributed by atoms with Crippen molar-refractivity contribution in [2.24, 2.45) is 11.1 Å². The van der Waals surface area contributed by atoms with Crippen LogP contribution in [0.4, 0.5) is 5.00 Å². The van der Waals surface area contributed by atoms with Crippen LogP contribution in [0.15, 0.2) is 0 Å². The largest absolute Gasteiger partial charge is 0.381 e. The molecule has 0 aliphatic carbocycles. The topological polar surface area (TPSA) is 102 Å². The van der Waals surface area contributed by atoms with E-state index in [0.717, 1.165) is 10.4 Å². The van der Waals surface area contributed by atoms with Crippen LogP contribution in [0.1, 0.15) is 68.3 Å². The van der Waals surface area contributed by atoms with E-state index in [1.54, 1.807) is 0 Å². The summed E-state index contributed by atoms with van der Waals surface area (Å²) in [6, 6.07) is 0. The molecule has 1 fully saturated rings. The zero-order valence-electron chi connectivity index (χ0n) is 16.5. The van der Waals surface area contributed by atoms with Gasteiger partial charge in [-0.05, 0) is 46.1 Å². The first-order valence-corrected chi connectivity index (χ1v) is 9.97. The number of fused-ring (bicyclic) bond motifs is 1. The Hall–Kier alpha value is -1.48. The fraction of sp³-hybridized carbons (Fsp3) is 0.684. The molecule has 2 aliphatic rings. The summed E-state index contributed by atoms with van der Waals surface area (Å²) >= 11 is 1.20. The van der Waals surface area contributed by atoms with Crippen LogP contribution in [0, 0.1) is 5.41 Å². The molecule has 1 aromatic rings. The number of nitrogens with zero attached hydrogens (tertiary/aromatic N) is 1. The first-order valence-electron chi connectivity index (χ1n) is 9.15. The molecule has 3 N–H and O–H groups in total. The van der Waals surface area contributed by atoms with Crippen molar-refractivity contribution in [3.8, 4) is 0 Å². The summed E-state index contributed by atoms with van der Waals surface area (Å²) < 4.78 is 11.5. The monoisotopic (exact) mass is 396 g/mol. The van der Waals surface area contributed by atoms with Crippen LogP contribution in [-0.2, 0) is 26.3 Å². The molecule has 0 atom stereocenters. The normalized spacial score (nSPS) is 22.7. The van der Waals surface area contributed by atoms with E-state index in [2.05, 4.69) is 0 Å². The van der Waals surface area contributed by atoms with E-state index in [9.17, 15) is 14.8 Å². The summed E-state index contributed by atoms with van der Waals surface area (Å²) in [5.74, 6) is -1.09. The molecule has 0 radical (unpaired) electrons. The minimum Gasteiger partial charge on any atom is -0.381 e. The number of ether oxygens (including phenoxy) is 2. The number of hydrogen-bond acceptors (Lipinski definition) is 6. The van der Waals surface area contributed by atoms with Crippen molar-refractivity contribution in [1.82, 2.24) is 0 Å². The van der Waals surface area contributed by atoms with E-state index in [4.69, 9.17) is 15.2 Å². The Morgan fingerprint density at radius 2 is 1.74 bits per heavy atom. The fourth-order valence-electron chi connectivity index (χ4n) is 4.09. The second-order valence-corrected chi connectivity index (χ2v) is 9.79. The standard InChI is InChI=1S/C19H28N2O5S/c1-17(2)10-11-12(14(20)22)15(27-13(11)18(3,4)26-17)21(24)16(23)19(5)6-8-25-9-7-19/h24H,6-10H2,1-5H3,(H2,20,22). The molecule has 8 heteroatoms. The SMILES string of the molecule is CC1(C)Cc2c(sc(N(O)C(=O)C3(C)CCOCC3)c2C(N)=O)C(C)(C)O1. The molecular formula is C19H28N2O5S. The van der Waals surface area contributed by atoms with E-state index in [0.29, 0.717) is 37.5 Å². The van der Waals surface area contributed by atoms with Crippen molar-refractivity contribution in [1.29, 1.82) is 0 Å². The molecule has 3 heterocycles. The molecule has 0 spiro atoms. The Morgan fingerprint density at radius 3 is 2.30 bits per heavy atom. The van der Waals surface area contributed by atoms with Crippen LogP contribution in [0.5, 0.6) is 0 Å². The van der Waals surface area contributed by atoms with Crippen molar-refractivity contribution in [2.45, 2.75) is 65.1 Å². The van der Waals surface area contributed by atoms with Crippen molar-refractivity contribution >= 4 is 28.2 Å². The highest BCUT2D eigenvalue weighted by Crippen LogP contribution is 2.49. The van der Waals surface area contributed by atoms with Crippen molar-refractivity contribution in [3.05, 3.63) is 16.0 Å². The molecule has 1 saturated heterocycles. The van der Waals surface area contributed by atoms with Gasteiger partial charge >= 0.3 is 0 Å². The second-order valence-electron chi connectivity index (χ2n) is 8.79. The van der Waals surface area contributed by atoms with Gasteiger partial charge in [0.15, 0.2) is 0 Å². The number of hydrogen-bond donors (Lipinski definition) is 2.